The number of nitrogens with one attached hydrogen (secondary N) is 1. The number of rotatable bonds is 6. The molecule has 12 heteroatoms. The lowest BCUT2D eigenvalue weighted by Crippen LogP contribution is -2.41. The van der Waals surface area contributed by atoms with E-state index in [1.165, 1.54) is 0 Å². The number of nitrogens with two attached hydrogens (primary N) is 1. The molecule has 4 atom stereocenters. The lowest BCUT2D eigenvalue weighted by atomic mass is 10.0. The number of halogens is 3. The highest BCUT2D eigenvalue weighted by atomic mass is 19.4. The van der Waals surface area contributed by atoms with E-state index in [-0.39, 0.29) is 18.4 Å². The van der Waals surface area contributed by atoms with Crippen LogP contribution in [0.5, 0.6) is 0 Å². The molecule has 1 aliphatic rings. The van der Waals surface area contributed by atoms with Crippen molar-refractivity contribution >= 4 is 5.78 Å². The molecule has 0 bridgehead atoms. The van der Waals surface area contributed by atoms with Crippen molar-refractivity contribution < 1.29 is 32.9 Å². The second-order valence-electron chi connectivity index (χ2n) is 5.94. The lowest BCUT2D eigenvalue weighted by Gasteiger charge is -2.16. The molecule has 2 rings (SSSR count). The number of aromatic nitrogens is 2. The molecule has 1 aromatic rings. The summed E-state index contributed by atoms with van der Waals surface area (Å²) >= 11 is 0. The van der Waals surface area contributed by atoms with E-state index < -0.39 is 60.7 Å². The van der Waals surface area contributed by atoms with Gasteiger partial charge in [0.05, 0.1) is 18.8 Å². The third-order valence-electron chi connectivity index (χ3n) is 4.08. The summed E-state index contributed by atoms with van der Waals surface area (Å²) in [4.78, 5) is 36.8. The van der Waals surface area contributed by atoms with Crippen molar-refractivity contribution in [2.45, 2.75) is 49.9 Å². The van der Waals surface area contributed by atoms with Crippen LogP contribution in [-0.2, 0) is 16.0 Å². The topological polar surface area (TPSA) is 148 Å². The second-order valence-corrected chi connectivity index (χ2v) is 5.94. The van der Waals surface area contributed by atoms with Gasteiger partial charge in [0, 0.05) is 18.2 Å². The Morgan fingerprint density at radius 2 is 2.12 bits per heavy atom. The van der Waals surface area contributed by atoms with Gasteiger partial charge in [0.2, 0.25) is 0 Å². The molecule has 26 heavy (non-hydrogen) atoms. The summed E-state index contributed by atoms with van der Waals surface area (Å²) in [5.74, 6) is -2.10. The van der Waals surface area contributed by atoms with Gasteiger partial charge in [-0.15, -0.1) is 0 Å². The minimum Gasteiger partial charge on any atom is -0.394 e. The Labute approximate surface area is 144 Å². The molecule has 1 aromatic heterocycles. The van der Waals surface area contributed by atoms with Gasteiger partial charge in [0.1, 0.15) is 12.3 Å². The lowest BCUT2D eigenvalue weighted by molar-refractivity contribution is -0.172. The standard InChI is InChI=1S/C14H18F3N3O6/c15-14(16,17)11(23)7(18)2-1-6-4-20(13(25)19-12(6)24)10-3-8(22)9(5-21)26-10/h4,7-10,21-22H,1-3,5,18H2,(H,19,24,25)/t7?,8?,9-,10-/m0/s1. The van der Waals surface area contributed by atoms with Crippen molar-refractivity contribution in [3.63, 3.8) is 0 Å². The molecule has 2 heterocycles. The molecule has 1 aliphatic heterocycles. The van der Waals surface area contributed by atoms with Gasteiger partial charge in [-0.05, 0) is 12.8 Å². The quantitative estimate of drug-likeness (QED) is 0.472. The first kappa shape index (κ1) is 20.3. The van der Waals surface area contributed by atoms with Crippen molar-refractivity contribution in [2.24, 2.45) is 5.73 Å². The number of aliphatic hydroxyl groups excluding tert-OH is 2. The molecular formula is C14H18F3N3O6. The van der Waals surface area contributed by atoms with Crippen molar-refractivity contribution in [2.75, 3.05) is 6.61 Å². The smallest absolute Gasteiger partial charge is 0.394 e. The van der Waals surface area contributed by atoms with E-state index in [4.69, 9.17) is 15.6 Å². The number of alkyl halides is 3. The Morgan fingerprint density at radius 3 is 2.65 bits per heavy atom. The molecule has 9 nitrogen and oxygen atoms in total. The molecule has 146 valence electrons. The van der Waals surface area contributed by atoms with Crippen LogP contribution >= 0.6 is 0 Å². The monoisotopic (exact) mass is 381 g/mol. The molecule has 0 amide bonds. The fourth-order valence-corrected chi connectivity index (χ4v) is 2.62. The predicted octanol–water partition coefficient (Wildman–Crippen LogP) is -1.43. The average Bonchev–Trinajstić information content (AvgIpc) is 2.92. The van der Waals surface area contributed by atoms with E-state index >= 15 is 0 Å². The van der Waals surface area contributed by atoms with Gasteiger partial charge in [-0.3, -0.25) is 19.1 Å². The SMILES string of the molecule is NC(CCc1cn([C@@H]2CC(O)[C@H](CO)O2)c(=O)[nH]c1=O)C(=O)C(F)(F)F. The molecule has 1 fully saturated rings. The zero-order chi connectivity index (χ0) is 19.6. The number of H-pyrrole nitrogens is 1. The van der Waals surface area contributed by atoms with Gasteiger partial charge in [-0.25, -0.2) is 4.79 Å². The molecule has 0 aliphatic carbocycles. The van der Waals surface area contributed by atoms with E-state index in [1.54, 1.807) is 0 Å². The zero-order valence-electron chi connectivity index (χ0n) is 13.4. The number of hydrogen-bond acceptors (Lipinski definition) is 7. The first-order valence-electron chi connectivity index (χ1n) is 7.70. The van der Waals surface area contributed by atoms with Crippen LogP contribution in [0.1, 0.15) is 24.6 Å². The van der Waals surface area contributed by atoms with Crippen LogP contribution in [-0.4, -0.2) is 56.6 Å². The van der Waals surface area contributed by atoms with Gasteiger partial charge in [0.15, 0.2) is 0 Å². The van der Waals surface area contributed by atoms with Gasteiger partial charge in [0.25, 0.3) is 11.3 Å². The first-order chi connectivity index (χ1) is 12.0. The molecule has 0 aromatic carbocycles. The zero-order valence-corrected chi connectivity index (χ0v) is 13.4. The van der Waals surface area contributed by atoms with E-state index in [2.05, 4.69) is 0 Å². The summed E-state index contributed by atoms with van der Waals surface area (Å²) < 4.78 is 43.3. The summed E-state index contributed by atoms with van der Waals surface area (Å²) in [5.41, 5.74) is 3.47. The molecule has 0 spiro atoms. The summed E-state index contributed by atoms with van der Waals surface area (Å²) in [7, 11) is 0. The van der Waals surface area contributed by atoms with Gasteiger partial charge >= 0.3 is 11.9 Å². The predicted molar refractivity (Wildman–Crippen MR) is 80.3 cm³/mol. The fourth-order valence-electron chi connectivity index (χ4n) is 2.62. The third-order valence-corrected chi connectivity index (χ3v) is 4.08. The number of ketones is 1. The number of Topliss-reactive ketones (excluding diaryl/α,β-unsaturated/α-hetero) is 1. The van der Waals surface area contributed by atoms with Crippen molar-refractivity contribution in [3.05, 3.63) is 32.6 Å². The van der Waals surface area contributed by atoms with E-state index in [0.29, 0.717) is 0 Å². The van der Waals surface area contributed by atoms with Crippen LogP contribution < -0.4 is 17.0 Å². The highest BCUT2D eigenvalue weighted by Gasteiger charge is 2.41. The maximum Gasteiger partial charge on any atom is 0.451 e. The van der Waals surface area contributed by atoms with E-state index in [0.717, 1.165) is 10.8 Å². The van der Waals surface area contributed by atoms with Gasteiger partial charge < -0.3 is 20.7 Å². The van der Waals surface area contributed by atoms with Crippen LogP contribution in [0, 0.1) is 0 Å². The Balaban J connectivity index is 2.17. The summed E-state index contributed by atoms with van der Waals surface area (Å²) in [6.07, 6.45) is -7.63. The second kappa shape index (κ2) is 7.70. The summed E-state index contributed by atoms with van der Waals surface area (Å²) in [6, 6.07) is -1.84. The van der Waals surface area contributed by atoms with Gasteiger partial charge in [-0.2, -0.15) is 13.2 Å². The highest BCUT2D eigenvalue weighted by molar-refractivity contribution is 5.88. The Hall–Kier alpha value is -2.02. The molecule has 0 saturated carbocycles. The normalized spacial score (nSPS) is 24.6. The van der Waals surface area contributed by atoms with Crippen molar-refractivity contribution in [3.8, 4) is 0 Å². The van der Waals surface area contributed by atoms with Crippen LogP contribution in [0.3, 0.4) is 0 Å². The maximum atomic E-state index is 12.3. The molecular weight excluding hydrogens is 363 g/mol. The van der Waals surface area contributed by atoms with Crippen LogP contribution in [0.25, 0.3) is 0 Å². The van der Waals surface area contributed by atoms with Crippen molar-refractivity contribution in [1.82, 2.24) is 9.55 Å². The molecule has 5 N–H and O–H groups in total. The largest absolute Gasteiger partial charge is 0.451 e. The summed E-state index contributed by atoms with van der Waals surface area (Å²) in [5, 5.41) is 18.8. The van der Waals surface area contributed by atoms with E-state index in [1.807, 2.05) is 4.98 Å². The van der Waals surface area contributed by atoms with Crippen LogP contribution in [0.2, 0.25) is 0 Å². The minimum absolute atomic E-state index is 0.0251. The molecule has 2 unspecified atom stereocenters. The number of aromatic amines is 1. The maximum absolute atomic E-state index is 12.3. The molecule has 1 saturated heterocycles. The number of aliphatic hydroxyl groups is 2. The fraction of sp³-hybridized carbons (Fsp3) is 0.643. The Bertz CT molecular complexity index is 774. The number of ether oxygens (including phenoxy) is 1. The molecule has 0 radical (unpaired) electrons. The third kappa shape index (κ3) is 4.38. The minimum atomic E-state index is -5.07. The Morgan fingerprint density at radius 1 is 1.46 bits per heavy atom. The number of nitrogens with zero attached hydrogens (tertiary/aromatic N) is 1. The van der Waals surface area contributed by atoms with Crippen molar-refractivity contribution in [1.29, 1.82) is 0 Å². The average molecular weight is 381 g/mol. The number of carbonyl (C=O) groups is 1. The van der Waals surface area contributed by atoms with Gasteiger partial charge in [-0.1, -0.05) is 0 Å². The highest BCUT2D eigenvalue weighted by Crippen LogP contribution is 2.27. The first-order valence-corrected chi connectivity index (χ1v) is 7.70. The number of aryl methyl sites for hydroxylation is 1. The Kier molecular flexibility index (Phi) is 6.01. The number of carbonyl (C=O) groups excluding carboxylic acids is 1. The number of hydrogen-bond donors (Lipinski definition) is 4. The van der Waals surface area contributed by atoms with Crippen LogP contribution in [0.15, 0.2) is 15.8 Å². The summed E-state index contributed by atoms with van der Waals surface area (Å²) in [6.45, 7) is -0.475. The van der Waals surface area contributed by atoms with E-state index in [9.17, 15) is 32.7 Å². The van der Waals surface area contributed by atoms with Crippen LogP contribution in [0.4, 0.5) is 13.2 Å².